The van der Waals surface area contributed by atoms with Gasteiger partial charge in [0.2, 0.25) is 0 Å². The molecule has 0 aliphatic carbocycles. The first-order valence-electron chi connectivity index (χ1n) is 5.37. The number of carbonyl (C=O) groups is 1. The summed E-state index contributed by atoms with van der Waals surface area (Å²) in [5, 5.41) is 8.37. The van der Waals surface area contributed by atoms with Crippen molar-refractivity contribution in [2.75, 3.05) is 0 Å². The van der Waals surface area contributed by atoms with Crippen molar-refractivity contribution in [1.29, 1.82) is 0 Å². The average Bonchev–Trinajstić information content (AvgIpc) is 2.27. The Balaban J connectivity index is 2.48. The molecule has 0 atom stereocenters. The smallest absolute Gasteiger partial charge is 0.331 e. The van der Waals surface area contributed by atoms with Crippen LogP contribution in [0.1, 0.15) is 25.3 Å². The normalized spacial score (nSPS) is 10.6. The van der Waals surface area contributed by atoms with Gasteiger partial charge in [0, 0.05) is 0 Å². The maximum Gasteiger partial charge on any atom is 0.331 e. The van der Waals surface area contributed by atoms with Crippen molar-refractivity contribution in [3.63, 3.8) is 0 Å². The number of aliphatic carboxylic acids is 1. The van der Waals surface area contributed by atoms with Crippen LogP contribution in [0.4, 0.5) is 0 Å². The third kappa shape index (κ3) is 4.64. The Morgan fingerprint density at radius 2 is 2.06 bits per heavy atom. The first-order valence-corrected chi connectivity index (χ1v) is 5.37. The second kappa shape index (κ2) is 6.67. The zero-order valence-corrected chi connectivity index (χ0v) is 9.35. The third-order valence-electron chi connectivity index (χ3n) is 2.16. The van der Waals surface area contributed by atoms with Crippen LogP contribution in [-0.2, 0) is 11.2 Å². The van der Waals surface area contributed by atoms with Gasteiger partial charge in [-0.15, -0.1) is 0 Å². The molecule has 3 nitrogen and oxygen atoms in total. The van der Waals surface area contributed by atoms with Crippen LogP contribution in [0.15, 0.2) is 36.6 Å². The van der Waals surface area contributed by atoms with Crippen LogP contribution < -0.4 is 4.74 Å². The largest absolute Gasteiger partial charge is 0.478 e. The van der Waals surface area contributed by atoms with Gasteiger partial charge in [0.15, 0.2) is 0 Å². The Morgan fingerprint density at radius 3 is 2.62 bits per heavy atom. The molecule has 3 heteroatoms. The molecule has 1 rings (SSSR count). The Morgan fingerprint density at radius 1 is 1.38 bits per heavy atom. The van der Waals surface area contributed by atoms with Gasteiger partial charge in [-0.05, 0) is 30.5 Å². The summed E-state index contributed by atoms with van der Waals surface area (Å²) in [5.74, 6) is -0.364. The SMILES string of the molecule is CCCCc1ccc(OC=CC(=O)O)cc1. The van der Waals surface area contributed by atoms with E-state index < -0.39 is 5.97 Å². The Bertz CT molecular complexity index is 352. The average molecular weight is 220 g/mol. The van der Waals surface area contributed by atoms with E-state index in [0.717, 1.165) is 12.5 Å². The van der Waals surface area contributed by atoms with Gasteiger partial charge in [-0.2, -0.15) is 0 Å². The first-order chi connectivity index (χ1) is 7.72. The van der Waals surface area contributed by atoms with E-state index in [2.05, 4.69) is 6.92 Å². The molecule has 1 aromatic rings. The summed E-state index contributed by atoms with van der Waals surface area (Å²) in [6.07, 6.45) is 5.56. The van der Waals surface area contributed by atoms with E-state index in [9.17, 15) is 4.79 Å². The molecule has 0 saturated heterocycles. The highest BCUT2D eigenvalue weighted by Gasteiger charge is 1.94. The molecule has 0 unspecified atom stereocenters. The highest BCUT2D eigenvalue weighted by molar-refractivity contribution is 5.79. The lowest BCUT2D eigenvalue weighted by Gasteiger charge is -2.02. The topological polar surface area (TPSA) is 46.5 Å². The summed E-state index contributed by atoms with van der Waals surface area (Å²) >= 11 is 0. The van der Waals surface area contributed by atoms with Crippen LogP contribution >= 0.6 is 0 Å². The van der Waals surface area contributed by atoms with Crippen molar-refractivity contribution in [2.24, 2.45) is 0 Å². The second-order valence-corrected chi connectivity index (χ2v) is 3.51. The molecule has 0 saturated carbocycles. The Hall–Kier alpha value is -1.77. The molecule has 1 N–H and O–H groups in total. The predicted molar refractivity (Wildman–Crippen MR) is 62.5 cm³/mol. The molecule has 0 aliphatic rings. The van der Waals surface area contributed by atoms with E-state index in [1.165, 1.54) is 24.7 Å². The lowest BCUT2D eigenvalue weighted by atomic mass is 10.1. The number of unbranched alkanes of at least 4 members (excludes halogenated alkanes) is 1. The molecule has 0 radical (unpaired) electrons. The van der Waals surface area contributed by atoms with Crippen molar-refractivity contribution >= 4 is 5.97 Å². The third-order valence-corrected chi connectivity index (χ3v) is 2.16. The minimum absolute atomic E-state index is 0.651. The fourth-order valence-electron chi connectivity index (χ4n) is 1.29. The molecule has 1 aromatic carbocycles. The number of benzene rings is 1. The summed E-state index contributed by atoms with van der Waals surface area (Å²) in [4.78, 5) is 10.2. The zero-order valence-electron chi connectivity index (χ0n) is 9.35. The number of aryl methyl sites for hydroxylation is 1. The maximum atomic E-state index is 10.2. The van der Waals surface area contributed by atoms with Crippen LogP contribution in [0.5, 0.6) is 5.75 Å². The lowest BCUT2D eigenvalue weighted by molar-refractivity contribution is -0.131. The van der Waals surface area contributed by atoms with E-state index in [0.29, 0.717) is 5.75 Å². The van der Waals surface area contributed by atoms with Crippen molar-refractivity contribution in [3.8, 4) is 5.75 Å². The van der Waals surface area contributed by atoms with Crippen LogP contribution in [0.2, 0.25) is 0 Å². The number of hydrogen-bond donors (Lipinski definition) is 1. The molecule has 16 heavy (non-hydrogen) atoms. The molecular formula is C13H16O3. The number of hydrogen-bond acceptors (Lipinski definition) is 2. The molecule has 0 heterocycles. The predicted octanol–water partition coefficient (Wildman–Crippen LogP) is 3.01. The fourth-order valence-corrected chi connectivity index (χ4v) is 1.29. The maximum absolute atomic E-state index is 10.2. The van der Waals surface area contributed by atoms with Gasteiger partial charge in [0.25, 0.3) is 0 Å². The summed E-state index contributed by atoms with van der Waals surface area (Å²) < 4.78 is 5.11. The minimum atomic E-state index is -1.01. The van der Waals surface area contributed by atoms with Crippen LogP contribution in [0.3, 0.4) is 0 Å². The van der Waals surface area contributed by atoms with E-state index >= 15 is 0 Å². The molecule has 0 bridgehead atoms. The van der Waals surface area contributed by atoms with Crippen LogP contribution in [0.25, 0.3) is 0 Å². The molecule has 0 aromatic heterocycles. The van der Waals surface area contributed by atoms with Crippen molar-refractivity contribution < 1.29 is 14.6 Å². The Kier molecular flexibility index (Phi) is 5.12. The highest BCUT2D eigenvalue weighted by atomic mass is 16.5. The number of ether oxygens (including phenoxy) is 1. The Labute approximate surface area is 95.4 Å². The standard InChI is InChI=1S/C13H16O3/c1-2-3-4-11-5-7-12(8-6-11)16-10-9-13(14)15/h5-10H,2-4H2,1H3,(H,14,15). The van der Waals surface area contributed by atoms with Crippen LogP contribution in [0, 0.1) is 0 Å². The van der Waals surface area contributed by atoms with Gasteiger partial charge in [0.05, 0.1) is 12.3 Å². The van der Waals surface area contributed by atoms with E-state index in [-0.39, 0.29) is 0 Å². The number of carboxylic acids is 1. The van der Waals surface area contributed by atoms with Crippen LogP contribution in [-0.4, -0.2) is 11.1 Å². The molecule has 0 fully saturated rings. The highest BCUT2D eigenvalue weighted by Crippen LogP contribution is 2.14. The van der Waals surface area contributed by atoms with Gasteiger partial charge < -0.3 is 9.84 Å². The van der Waals surface area contributed by atoms with E-state index in [4.69, 9.17) is 9.84 Å². The molecule has 86 valence electrons. The molecule has 0 amide bonds. The lowest BCUT2D eigenvalue weighted by Crippen LogP contribution is -1.90. The van der Waals surface area contributed by atoms with Gasteiger partial charge >= 0.3 is 5.97 Å². The number of rotatable bonds is 6. The van der Waals surface area contributed by atoms with Gasteiger partial charge in [-0.25, -0.2) is 4.79 Å². The van der Waals surface area contributed by atoms with Crippen molar-refractivity contribution in [3.05, 3.63) is 42.2 Å². The quantitative estimate of drug-likeness (QED) is 0.592. The molecular weight excluding hydrogens is 204 g/mol. The monoisotopic (exact) mass is 220 g/mol. The summed E-state index contributed by atoms with van der Waals surface area (Å²) in [6.45, 7) is 2.16. The molecule has 0 spiro atoms. The van der Waals surface area contributed by atoms with Gasteiger partial charge in [-0.3, -0.25) is 0 Å². The number of carboxylic acid groups (broad SMARTS) is 1. The fraction of sp³-hybridized carbons (Fsp3) is 0.308. The second-order valence-electron chi connectivity index (χ2n) is 3.51. The summed E-state index contributed by atoms with van der Waals surface area (Å²) in [7, 11) is 0. The minimum Gasteiger partial charge on any atom is -0.478 e. The first kappa shape index (κ1) is 12.3. The van der Waals surface area contributed by atoms with Gasteiger partial charge in [-0.1, -0.05) is 25.5 Å². The van der Waals surface area contributed by atoms with Crippen molar-refractivity contribution in [1.82, 2.24) is 0 Å². The molecule has 0 aliphatic heterocycles. The van der Waals surface area contributed by atoms with Crippen molar-refractivity contribution in [2.45, 2.75) is 26.2 Å². The van der Waals surface area contributed by atoms with E-state index in [1.807, 2.05) is 24.3 Å². The summed E-state index contributed by atoms with van der Waals surface area (Å²) in [5.41, 5.74) is 1.27. The summed E-state index contributed by atoms with van der Waals surface area (Å²) in [6, 6.07) is 7.69. The zero-order chi connectivity index (χ0) is 11.8. The van der Waals surface area contributed by atoms with E-state index in [1.54, 1.807) is 0 Å². The van der Waals surface area contributed by atoms with Gasteiger partial charge in [0.1, 0.15) is 5.75 Å².